The highest BCUT2D eigenvalue weighted by atomic mass is 32.1. The number of anilines is 1. The number of benzene rings is 2. The fourth-order valence-electron chi connectivity index (χ4n) is 3.39. The highest BCUT2D eigenvalue weighted by molar-refractivity contribution is 7.03. The van der Waals surface area contributed by atoms with Gasteiger partial charge in [0.05, 0.1) is 5.41 Å². The molecule has 1 aliphatic heterocycles. The van der Waals surface area contributed by atoms with E-state index in [0.29, 0.717) is 26.1 Å². The van der Waals surface area contributed by atoms with Gasteiger partial charge in [0.1, 0.15) is 5.69 Å². The van der Waals surface area contributed by atoms with Crippen LogP contribution in [0.5, 0.6) is 0 Å². The van der Waals surface area contributed by atoms with Gasteiger partial charge in [0.15, 0.2) is 0 Å². The van der Waals surface area contributed by atoms with Crippen molar-refractivity contribution >= 4 is 23.1 Å². The first-order chi connectivity index (χ1) is 12.8. The normalized spacial score (nSPS) is 16.2. The molecule has 0 aliphatic carbocycles. The monoisotopic (exact) mass is 365 g/mol. The van der Waals surface area contributed by atoms with Crippen LogP contribution < -0.4 is 5.32 Å². The maximum Gasteiger partial charge on any atom is 0.235 e. The second kappa shape index (κ2) is 7.35. The number of hydrogen-bond acceptors (Lipinski definition) is 5. The summed E-state index contributed by atoms with van der Waals surface area (Å²) in [5, 5.41) is 9.07. The SMILES string of the molecule is O=C(Nc1ccc(-c2csnn2)cc1)C1(c2ccccc2)CCOCC1. The van der Waals surface area contributed by atoms with E-state index in [1.165, 1.54) is 11.5 Å². The lowest BCUT2D eigenvalue weighted by atomic mass is 9.73. The number of ether oxygens (including phenoxy) is 1. The van der Waals surface area contributed by atoms with Gasteiger partial charge >= 0.3 is 0 Å². The van der Waals surface area contributed by atoms with Crippen molar-refractivity contribution < 1.29 is 9.53 Å². The van der Waals surface area contributed by atoms with Crippen LogP contribution in [-0.4, -0.2) is 28.7 Å². The van der Waals surface area contributed by atoms with Gasteiger partial charge in [-0.3, -0.25) is 4.79 Å². The van der Waals surface area contributed by atoms with Crippen molar-refractivity contribution in [2.24, 2.45) is 0 Å². The first-order valence-corrected chi connectivity index (χ1v) is 9.44. The third-order valence-electron chi connectivity index (χ3n) is 4.91. The summed E-state index contributed by atoms with van der Waals surface area (Å²) in [7, 11) is 0. The van der Waals surface area contributed by atoms with E-state index in [1.54, 1.807) is 0 Å². The molecule has 5 nitrogen and oxygen atoms in total. The van der Waals surface area contributed by atoms with Crippen LogP contribution in [-0.2, 0) is 14.9 Å². The first-order valence-electron chi connectivity index (χ1n) is 8.60. The smallest absolute Gasteiger partial charge is 0.235 e. The highest BCUT2D eigenvalue weighted by Gasteiger charge is 2.41. The van der Waals surface area contributed by atoms with Gasteiger partial charge in [-0.15, -0.1) is 5.10 Å². The van der Waals surface area contributed by atoms with Gasteiger partial charge in [-0.2, -0.15) is 0 Å². The Labute approximate surface area is 156 Å². The molecule has 1 aliphatic rings. The van der Waals surface area contributed by atoms with Crippen molar-refractivity contribution in [3.8, 4) is 11.3 Å². The van der Waals surface area contributed by atoms with E-state index in [9.17, 15) is 4.79 Å². The number of rotatable bonds is 4. The number of aromatic nitrogens is 2. The van der Waals surface area contributed by atoms with Crippen molar-refractivity contribution in [1.82, 2.24) is 9.59 Å². The van der Waals surface area contributed by atoms with Crippen LogP contribution in [0.25, 0.3) is 11.3 Å². The average Bonchev–Trinajstić information content (AvgIpc) is 3.24. The molecule has 0 atom stereocenters. The Morgan fingerprint density at radius 3 is 2.42 bits per heavy atom. The summed E-state index contributed by atoms with van der Waals surface area (Å²) in [5.41, 5.74) is 3.12. The van der Waals surface area contributed by atoms with Crippen LogP contribution in [0, 0.1) is 0 Å². The second-order valence-corrected chi connectivity index (χ2v) is 6.99. The topological polar surface area (TPSA) is 64.1 Å². The van der Waals surface area contributed by atoms with Gasteiger partial charge in [-0.05, 0) is 42.1 Å². The molecule has 1 fully saturated rings. The minimum Gasteiger partial charge on any atom is -0.381 e. The Balaban J connectivity index is 1.57. The summed E-state index contributed by atoms with van der Waals surface area (Å²) >= 11 is 1.32. The summed E-state index contributed by atoms with van der Waals surface area (Å²) in [5.74, 6) is 0.0232. The second-order valence-electron chi connectivity index (χ2n) is 6.38. The number of nitrogens with zero attached hydrogens (tertiary/aromatic N) is 2. The maximum atomic E-state index is 13.2. The van der Waals surface area contributed by atoms with Crippen LogP contribution >= 0.6 is 11.5 Å². The van der Waals surface area contributed by atoms with Gasteiger partial charge in [0, 0.05) is 29.8 Å². The number of carbonyl (C=O) groups is 1. The van der Waals surface area contributed by atoms with Crippen LogP contribution in [0.1, 0.15) is 18.4 Å². The van der Waals surface area contributed by atoms with Gasteiger partial charge < -0.3 is 10.1 Å². The molecular weight excluding hydrogens is 346 g/mol. The molecule has 4 rings (SSSR count). The Morgan fingerprint density at radius 1 is 1.04 bits per heavy atom. The highest BCUT2D eigenvalue weighted by Crippen LogP contribution is 2.36. The predicted molar refractivity (Wildman–Crippen MR) is 102 cm³/mol. The lowest BCUT2D eigenvalue weighted by molar-refractivity contribution is -0.125. The Kier molecular flexibility index (Phi) is 4.77. The summed E-state index contributed by atoms with van der Waals surface area (Å²) < 4.78 is 9.40. The summed E-state index contributed by atoms with van der Waals surface area (Å²) in [6.07, 6.45) is 1.37. The van der Waals surface area contributed by atoms with Crippen LogP contribution in [0.4, 0.5) is 5.69 Å². The first kappa shape index (κ1) is 16.9. The number of carbonyl (C=O) groups excluding carboxylic acids is 1. The van der Waals surface area contributed by atoms with Gasteiger partial charge in [0.2, 0.25) is 5.91 Å². The van der Waals surface area contributed by atoms with Crippen molar-refractivity contribution in [2.75, 3.05) is 18.5 Å². The quantitative estimate of drug-likeness (QED) is 0.762. The molecule has 1 aromatic heterocycles. The lowest BCUT2D eigenvalue weighted by Crippen LogP contribution is -2.44. The number of nitrogens with one attached hydrogen (secondary N) is 1. The zero-order chi connectivity index (χ0) is 17.8. The largest absolute Gasteiger partial charge is 0.381 e. The standard InChI is InChI=1S/C20H19N3O2S/c24-19(20(10-12-25-13-11-20)16-4-2-1-3-5-16)21-17-8-6-15(7-9-17)18-14-26-23-22-18/h1-9,14H,10-13H2,(H,21,24). The molecule has 0 bridgehead atoms. The zero-order valence-corrected chi connectivity index (χ0v) is 15.0. The summed E-state index contributed by atoms with van der Waals surface area (Å²) in [4.78, 5) is 13.2. The molecule has 26 heavy (non-hydrogen) atoms. The van der Waals surface area contributed by atoms with Crippen molar-refractivity contribution in [3.63, 3.8) is 0 Å². The lowest BCUT2D eigenvalue weighted by Gasteiger charge is -2.36. The fraction of sp³-hybridized carbons (Fsp3) is 0.250. The zero-order valence-electron chi connectivity index (χ0n) is 14.2. The molecule has 2 heterocycles. The number of amides is 1. The molecule has 6 heteroatoms. The van der Waals surface area contributed by atoms with Crippen LogP contribution in [0.15, 0.2) is 60.0 Å². The average molecular weight is 365 g/mol. The molecule has 0 unspecified atom stereocenters. The third kappa shape index (κ3) is 3.25. The van der Waals surface area contributed by atoms with E-state index in [0.717, 1.165) is 22.5 Å². The summed E-state index contributed by atoms with van der Waals surface area (Å²) in [6, 6.07) is 17.7. The van der Waals surface area contributed by atoms with Crippen LogP contribution in [0.3, 0.4) is 0 Å². The molecule has 1 saturated heterocycles. The van der Waals surface area contributed by atoms with E-state index in [1.807, 2.05) is 60.0 Å². The van der Waals surface area contributed by atoms with E-state index in [-0.39, 0.29) is 5.91 Å². The van der Waals surface area contributed by atoms with Crippen molar-refractivity contribution in [1.29, 1.82) is 0 Å². The minimum atomic E-state index is -0.545. The third-order valence-corrected chi connectivity index (χ3v) is 5.41. The molecule has 0 radical (unpaired) electrons. The molecule has 0 spiro atoms. The molecule has 2 aromatic carbocycles. The summed E-state index contributed by atoms with van der Waals surface area (Å²) in [6.45, 7) is 1.19. The van der Waals surface area contributed by atoms with Gasteiger partial charge in [0.25, 0.3) is 0 Å². The molecule has 0 saturated carbocycles. The Morgan fingerprint density at radius 2 is 1.77 bits per heavy atom. The van der Waals surface area contributed by atoms with Crippen molar-refractivity contribution in [2.45, 2.75) is 18.3 Å². The predicted octanol–water partition coefficient (Wildman–Crippen LogP) is 3.89. The Bertz CT molecular complexity index is 858. The van der Waals surface area contributed by atoms with Crippen molar-refractivity contribution in [3.05, 3.63) is 65.5 Å². The molecule has 1 N–H and O–H groups in total. The fourth-order valence-corrected chi connectivity index (χ4v) is 3.85. The van der Waals surface area contributed by atoms with E-state index in [2.05, 4.69) is 14.9 Å². The van der Waals surface area contributed by atoms with Gasteiger partial charge in [-0.1, -0.05) is 47.0 Å². The van der Waals surface area contributed by atoms with Crippen LogP contribution in [0.2, 0.25) is 0 Å². The minimum absolute atomic E-state index is 0.0232. The van der Waals surface area contributed by atoms with E-state index in [4.69, 9.17) is 4.74 Å². The molecular formula is C20H19N3O2S. The van der Waals surface area contributed by atoms with E-state index < -0.39 is 5.41 Å². The maximum absolute atomic E-state index is 13.2. The Hall–Kier alpha value is -2.57. The molecule has 132 valence electrons. The molecule has 3 aromatic rings. The van der Waals surface area contributed by atoms with E-state index >= 15 is 0 Å². The number of hydrogen-bond donors (Lipinski definition) is 1. The van der Waals surface area contributed by atoms with Gasteiger partial charge in [-0.25, -0.2) is 0 Å². The molecule has 1 amide bonds.